The number of rotatable bonds is 7. The molecule has 1 aliphatic heterocycles. The minimum atomic E-state index is 0.436. The molecule has 0 aliphatic carbocycles. The van der Waals surface area contributed by atoms with E-state index >= 15 is 0 Å². The smallest absolute Gasteiger partial charge is 0.00476 e. The van der Waals surface area contributed by atoms with E-state index in [0.29, 0.717) is 5.41 Å². The summed E-state index contributed by atoms with van der Waals surface area (Å²) in [5.74, 6) is 1.75. The molecule has 108 valence electrons. The molecule has 0 saturated carbocycles. The topological polar surface area (TPSA) is 15.3 Å². The van der Waals surface area contributed by atoms with Crippen LogP contribution in [-0.4, -0.2) is 37.6 Å². The molecule has 18 heavy (non-hydrogen) atoms. The van der Waals surface area contributed by atoms with Crippen LogP contribution in [0.1, 0.15) is 53.9 Å². The molecular weight excluding hydrogens is 220 g/mol. The Kier molecular flexibility index (Phi) is 6.65. The third-order valence-electron chi connectivity index (χ3n) is 4.38. The molecule has 0 bridgehead atoms. The maximum Gasteiger partial charge on any atom is 0.00476 e. The van der Waals surface area contributed by atoms with Crippen molar-refractivity contribution >= 4 is 0 Å². The van der Waals surface area contributed by atoms with Crippen LogP contribution in [-0.2, 0) is 0 Å². The first kappa shape index (κ1) is 16.0. The highest BCUT2D eigenvalue weighted by atomic mass is 15.1. The number of likely N-dealkylation sites (tertiary alicyclic amines) is 1. The van der Waals surface area contributed by atoms with Gasteiger partial charge in [-0.05, 0) is 43.1 Å². The van der Waals surface area contributed by atoms with Crippen LogP contribution in [0.4, 0.5) is 0 Å². The Balaban J connectivity index is 2.45. The average Bonchev–Trinajstić information content (AvgIpc) is 2.28. The third kappa shape index (κ3) is 5.27. The predicted octanol–water partition coefficient (Wildman–Crippen LogP) is 3.38. The van der Waals surface area contributed by atoms with Gasteiger partial charge in [-0.25, -0.2) is 0 Å². The van der Waals surface area contributed by atoms with Gasteiger partial charge in [0.15, 0.2) is 0 Å². The number of nitrogens with zero attached hydrogens (tertiary/aromatic N) is 1. The van der Waals surface area contributed by atoms with Crippen molar-refractivity contribution in [3.8, 4) is 0 Å². The summed E-state index contributed by atoms with van der Waals surface area (Å²) in [7, 11) is 0. The van der Waals surface area contributed by atoms with Crippen LogP contribution in [0, 0.1) is 17.3 Å². The fourth-order valence-electron chi connectivity index (χ4n) is 3.32. The first-order valence-electron chi connectivity index (χ1n) is 7.92. The van der Waals surface area contributed by atoms with E-state index in [1.54, 1.807) is 0 Å². The third-order valence-corrected chi connectivity index (χ3v) is 4.38. The Labute approximate surface area is 115 Å². The standard InChI is InChI=1S/C16H34N2/c1-6-8-17-12-16(5,7-2)13-18-10-14(3)9-15(4)11-18/h14-15,17H,6-13H2,1-5H3. The van der Waals surface area contributed by atoms with Crippen molar-refractivity contribution in [3.63, 3.8) is 0 Å². The zero-order valence-electron chi connectivity index (χ0n) is 13.3. The molecule has 0 aromatic heterocycles. The van der Waals surface area contributed by atoms with E-state index in [1.165, 1.54) is 38.9 Å². The highest BCUT2D eigenvalue weighted by Gasteiger charge is 2.29. The SMILES string of the molecule is CCCNCC(C)(CC)CN1CC(C)CC(C)C1. The van der Waals surface area contributed by atoms with Crippen molar-refractivity contribution < 1.29 is 0 Å². The zero-order valence-corrected chi connectivity index (χ0v) is 13.3. The van der Waals surface area contributed by atoms with E-state index in [1.807, 2.05) is 0 Å². The highest BCUT2D eigenvalue weighted by molar-refractivity contribution is 4.83. The molecule has 1 heterocycles. The molecule has 3 unspecified atom stereocenters. The van der Waals surface area contributed by atoms with Crippen molar-refractivity contribution in [2.45, 2.75) is 53.9 Å². The van der Waals surface area contributed by atoms with Gasteiger partial charge < -0.3 is 10.2 Å². The Hall–Kier alpha value is -0.0800. The van der Waals surface area contributed by atoms with E-state index in [4.69, 9.17) is 0 Å². The first-order chi connectivity index (χ1) is 8.49. The van der Waals surface area contributed by atoms with Crippen LogP contribution in [0.2, 0.25) is 0 Å². The number of piperidine rings is 1. The van der Waals surface area contributed by atoms with Crippen molar-refractivity contribution in [2.75, 3.05) is 32.7 Å². The van der Waals surface area contributed by atoms with Crippen LogP contribution in [0.25, 0.3) is 0 Å². The summed E-state index contributed by atoms with van der Waals surface area (Å²) < 4.78 is 0. The maximum atomic E-state index is 3.61. The molecule has 1 rings (SSSR count). The monoisotopic (exact) mass is 254 g/mol. The van der Waals surface area contributed by atoms with Crippen LogP contribution in [0.5, 0.6) is 0 Å². The first-order valence-corrected chi connectivity index (χ1v) is 7.92. The van der Waals surface area contributed by atoms with Gasteiger partial charge in [0.05, 0.1) is 0 Å². The van der Waals surface area contributed by atoms with Gasteiger partial charge in [0.1, 0.15) is 0 Å². The van der Waals surface area contributed by atoms with Crippen molar-refractivity contribution in [1.29, 1.82) is 0 Å². The van der Waals surface area contributed by atoms with Gasteiger partial charge in [0, 0.05) is 26.2 Å². The molecule has 2 nitrogen and oxygen atoms in total. The highest BCUT2D eigenvalue weighted by Crippen LogP contribution is 2.27. The van der Waals surface area contributed by atoms with Crippen molar-refractivity contribution in [2.24, 2.45) is 17.3 Å². The Bertz CT molecular complexity index is 219. The molecule has 0 amide bonds. The minimum Gasteiger partial charge on any atom is -0.316 e. The lowest BCUT2D eigenvalue weighted by atomic mass is 9.84. The predicted molar refractivity (Wildman–Crippen MR) is 80.9 cm³/mol. The van der Waals surface area contributed by atoms with E-state index in [0.717, 1.165) is 24.9 Å². The van der Waals surface area contributed by atoms with Crippen molar-refractivity contribution in [3.05, 3.63) is 0 Å². The van der Waals surface area contributed by atoms with Gasteiger partial charge >= 0.3 is 0 Å². The fourth-order valence-corrected chi connectivity index (χ4v) is 3.32. The van der Waals surface area contributed by atoms with E-state index < -0.39 is 0 Å². The van der Waals surface area contributed by atoms with E-state index in [-0.39, 0.29) is 0 Å². The normalized spacial score (nSPS) is 29.2. The lowest BCUT2D eigenvalue weighted by molar-refractivity contribution is 0.0867. The molecule has 1 N–H and O–H groups in total. The summed E-state index contributed by atoms with van der Waals surface area (Å²) in [6.07, 6.45) is 3.91. The number of hydrogen-bond donors (Lipinski definition) is 1. The quantitative estimate of drug-likeness (QED) is 0.701. The molecule has 0 radical (unpaired) electrons. The second-order valence-corrected chi connectivity index (χ2v) is 6.98. The van der Waals surface area contributed by atoms with Gasteiger partial charge in [-0.1, -0.05) is 34.6 Å². The molecule has 1 fully saturated rings. The molecular formula is C16H34N2. The second-order valence-electron chi connectivity index (χ2n) is 6.98. The molecule has 0 spiro atoms. The van der Waals surface area contributed by atoms with Crippen LogP contribution >= 0.6 is 0 Å². The largest absolute Gasteiger partial charge is 0.316 e. The van der Waals surface area contributed by atoms with Gasteiger partial charge in [-0.3, -0.25) is 0 Å². The van der Waals surface area contributed by atoms with Gasteiger partial charge in [0.25, 0.3) is 0 Å². The van der Waals surface area contributed by atoms with E-state index in [2.05, 4.69) is 44.8 Å². The summed E-state index contributed by atoms with van der Waals surface area (Å²) in [6.45, 7) is 18.0. The number of hydrogen-bond acceptors (Lipinski definition) is 2. The second kappa shape index (κ2) is 7.49. The van der Waals surface area contributed by atoms with Crippen LogP contribution < -0.4 is 5.32 Å². The fraction of sp³-hybridized carbons (Fsp3) is 1.00. The van der Waals surface area contributed by atoms with Crippen LogP contribution in [0.15, 0.2) is 0 Å². The van der Waals surface area contributed by atoms with Gasteiger partial charge in [0.2, 0.25) is 0 Å². The van der Waals surface area contributed by atoms with Gasteiger partial charge in [-0.2, -0.15) is 0 Å². The molecule has 1 aliphatic rings. The molecule has 2 heteroatoms. The Morgan fingerprint density at radius 3 is 2.28 bits per heavy atom. The molecule has 0 aromatic rings. The molecule has 1 saturated heterocycles. The molecule has 3 atom stereocenters. The summed E-state index contributed by atoms with van der Waals surface area (Å²) in [5, 5.41) is 3.61. The Morgan fingerprint density at radius 2 is 1.78 bits per heavy atom. The summed E-state index contributed by atoms with van der Waals surface area (Å²) >= 11 is 0. The lowest BCUT2D eigenvalue weighted by Gasteiger charge is -2.41. The summed E-state index contributed by atoms with van der Waals surface area (Å²) in [4.78, 5) is 2.70. The summed E-state index contributed by atoms with van der Waals surface area (Å²) in [5.41, 5.74) is 0.436. The zero-order chi connectivity index (χ0) is 13.6. The van der Waals surface area contributed by atoms with Gasteiger partial charge in [-0.15, -0.1) is 0 Å². The van der Waals surface area contributed by atoms with Crippen molar-refractivity contribution in [1.82, 2.24) is 10.2 Å². The average molecular weight is 254 g/mol. The minimum absolute atomic E-state index is 0.436. The maximum absolute atomic E-state index is 3.61. The summed E-state index contributed by atoms with van der Waals surface area (Å²) in [6, 6.07) is 0. The Morgan fingerprint density at radius 1 is 1.17 bits per heavy atom. The molecule has 0 aromatic carbocycles. The van der Waals surface area contributed by atoms with E-state index in [9.17, 15) is 0 Å². The number of nitrogens with one attached hydrogen (secondary N) is 1. The van der Waals surface area contributed by atoms with Crippen LogP contribution in [0.3, 0.4) is 0 Å². The lowest BCUT2D eigenvalue weighted by Crippen LogP contribution is -2.47.